The highest BCUT2D eigenvalue weighted by Gasteiger charge is 1.95. The number of guanidine groups is 1. The van der Waals surface area contributed by atoms with Crippen molar-refractivity contribution in [2.24, 2.45) is 21.7 Å². The van der Waals surface area contributed by atoms with Crippen LogP contribution in [0.15, 0.2) is 34.5 Å². The molecule has 0 amide bonds. The van der Waals surface area contributed by atoms with Crippen LogP contribution in [0.5, 0.6) is 0 Å². The molecule has 1 aromatic carbocycles. The molecule has 4 heteroatoms. The molecular formula is C16H26N4. The van der Waals surface area contributed by atoms with Crippen LogP contribution in [0.25, 0.3) is 0 Å². The highest BCUT2D eigenvalue weighted by atomic mass is 15.3. The van der Waals surface area contributed by atoms with Crippen LogP contribution in [0.2, 0.25) is 0 Å². The van der Waals surface area contributed by atoms with Gasteiger partial charge in [-0.2, -0.15) is 5.10 Å². The predicted molar refractivity (Wildman–Crippen MR) is 86.9 cm³/mol. The van der Waals surface area contributed by atoms with Gasteiger partial charge >= 0.3 is 0 Å². The fourth-order valence-corrected chi connectivity index (χ4v) is 2.03. The van der Waals surface area contributed by atoms with E-state index in [-0.39, 0.29) is 5.96 Å². The van der Waals surface area contributed by atoms with Gasteiger partial charge in [0.25, 0.3) is 0 Å². The molecule has 0 saturated carbocycles. The molecule has 1 rings (SSSR count). The molecule has 0 saturated heterocycles. The number of benzene rings is 1. The van der Waals surface area contributed by atoms with E-state index in [9.17, 15) is 0 Å². The van der Waals surface area contributed by atoms with Crippen LogP contribution in [-0.4, -0.2) is 12.2 Å². The third-order valence-electron chi connectivity index (χ3n) is 3.17. The zero-order chi connectivity index (χ0) is 14.6. The van der Waals surface area contributed by atoms with Crippen LogP contribution in [-0.2, 0) is 12.8 Å². The summed E-state index contributed by atoms with van der Waals surface area (Å²) < 4.78 is 0. The van der Waals surface area contributed by atoms with E-state index in [0.717, 1.165) is 6.42 Å². The van der Waals surface area contributed by atoms with Gasteiger partial charge < -0.3 is 11.5 Å². The Balaban J connectivity index is 2.29. The van der Waals surface area contributed by atoms with Gasteiger partial charge in [0.1, 0.15) is 0 Å². The largest absolute Gasteiger partial charge is 0.369 e. The summed E-state index contributed by atoms with van der Waals surface area (Å²) in [6.07, 6.45) is 10.3. The molecule has 0 unspecified atom stereocenters. The van der Waals surface area contributed by atoms with Crippen molar-refractivity contribution in [2.75, 3.05) is 0 Å². The molecule has 0 heterocycles. The Morgan fingerprint density at radius 1 is 1.00 bits per heavy atom. The Morgan fingerprint density at radius 2 is 1.65 bits per heavy atom. The van der Waals surface area contributed by atoms with Gasteiger partial charge in [-0.15, -0.1) is 5.10 Å². The van der Waals surface area contributed by atoms with Crippen molar-refractivity contribution in [2.45, 2.75) is 51.9 Å². The van der Waals surface area contributed by atoms with Gasteiger partial charge in [-0.25, -0.2) is 0 Å². The smallest absolute Gasteiger partial charge is 0.211 e. The van der Waals surface area contributed by atoms with Gasteiger partial charge in [0.2, 0.25) is 5.96 Å². The minimum absolute atomic E-state index is 0.0142. The first-order valence-electron chi connectivity index (χ1n) is 7.40. The Bertz CT molecular complexity index is 417. The molecule has 0 bridgehead atoms. The molecule has 110 valence electrons. The lowest BCUT2D eigenvalue weighted by molar-refractivity contribution is 0.632. The molecule has 0 radical (unpaired) electrons. The lowest BCUT2D eigenvalue weighted by Crippen LogP contribution is -2.21. The monoisotopic (exact) mass is 274 g/mol. The standard InChI is InChI=1S/C16H26N4/c1-2-3-4-5-6-7-14-8-10-15(11-9-14)12-13-19-20-16(17)18/h8-11,13H,2-7,12H2,1H3,(H4,17,18,20). The fourth-order valence-electron chi connectivity index (χ4n) is 2.03. The van der Waals surface area contributed by atoms with Crippen LogP contribution in [0.4, 0.5) is 0 Å². The number of nitrogens with two attached hydrogens (primary N) is 2. The Kier molecular flexibility index (Phi) is 8.11. The van der Waals surface area contributed by atoms with E-state index in [1.165, 1.54) is 49.7 Å². The van der Waals surface area contributed by atoms with Gasteiger partial charge in [-0.3, -0.25) is 0 Å². The van der Waals surface area contributed by atoms with Gasteiger partial charge in [-0.05, 0) is 24.0 Å². The number of hydrogen-bond acceptors (Lipinski definition) is 2. The van der Waals surface area contributed by atoms with Crippen LogP contribution in [0, 0.1) is 0 Å². The second-order valence-corrected chi connectivity index (χ2v) is 5.01. The molecule has 4 nitrogen and oxygen atoms in total. The van der Waals surface area contributed by atoms with Crippen molar-refractivity contribution in [1.82, 2.24) is 0 Å². The van der Waals surface area contributed by atoms with Crippen molar-refractivity contribution in [3.05, 3.63) is 35.4 Å². The summed E-state index contributed by atoms with van der Waals surface area (Å²) in [5.41, 5.74) is 13.0. The molecule has 20 heavy (non-hydrogen) atoms. The summed E-state index contributed by atoms with van der Waals surface area (Å²) in [6, 6.07) is 8.68. The first kappa shape index (κ1) is 16.2. The molecule has 0 atom stereocenters. The normalized spacial score (nSPS) is 10.8. The van der Waals surface area contributed by atoms with Gasteiger partial charge in [0, 0.05) is 12.6 Å². The molecule has 0 aliphatic rings. The first-order chi connectivity index (χ1) is 9.72. The van der Waals surface area contributed by atoms with E-state index >= 15 is 0 Å². The highest BCUT2D eigenvalue weighted by molar-refractivity contribution is 5.76. The van der Waals surface area contributed by atoms with E-state index in [2.05, 4.69) is 41.4 Å². The summed E-state index contributed by atoms with van der Waals surface area (Å²) in [5, 5.41) is 7.34. The third kappa shape index (κ3) is 7.56. The van der Waals surface area contributed by atoms with Crippen LogP contribution < -0.4 is 11.5 Å². The van der Waals surface area contributed by atoms with Crippen molar-refractivity contribution < 1.29 is 0 Å². The average Bonchev–Trinajstić information content (AvgIpc) is 2.44. The SMILES string of the molecule is CCCCCCCc1ccc(CC=NN=C(N)N)cc1. The van der Waals surface area contributed by atoms with Crippen molar-refractivity contribution in [3.63, 3.8) is 0 Å². The highest BCUT2D eigenvalue weighted by Crippen LogP contribution is 2.10. The van der Waals surface area contributed by atoms with Crippen LogP contribution >= 0.6 is 0 Å². The van der Waals surface area contributed by atoms with Gasteiger partial charge in [0.05, 0.1) is 0 Å². The summed E-state index contributed by atoms with van der Waals surface area (Å²) in [7, 11) is 0. The average molecular weight is 274 g/mol. The zero-order valence-electron chi connectivity index (χ0n) is 12.4. The van der Waals surface area contributed by atoms with Crippen molar-refractivity contribution in [1.29, 1.82) is 0 Å². The number of hydrogen-bond donors (Lipinski definition) is 2. The lowest BCUT2D eigenvalue weighted by Gasteiger charge is -2.03. The lowest BCUT2D eigenvalue weighted by atomic mass is 10.0. The topological polar surface area (TPSA) is 76.8 Å². The quantitative estimate of drug-likeness (QED) is 0.314. The molecular weight excluding hydrogens is 248 g/mol. The molecule has 0 spiro atoms. The fraction of sp³-hybridized carbons (Fsp3) is 0.500. The van der Waals surface area contributed by atoms with E-state index in [0.29, 0.717) is 0 Å². The summed E-state index contributed by atoms with van der Waals surface area (Å²) in [4.78, 5) is 0. The summed E-state index contributed by atoms with van der Waals surface area (Å²) in [6.45, 7) is 2.25. The summed E-state index contributed by atoms with van der Waals surface area (Å²) >= 11 is 0. The molecule has 0 aromatic heterocycles. The number of unbranched alkanes of at least 4 members (excludes halogenated alkanes) is 4. The maximum Gasteiger partial charge on any atom is 0.211 e. The molecule has 4 N–H and O–H groups in total. The third-order valence-corrected chi connectivity index (χ3v) is 3.17. The number of rotatable bonds is 9. The van der Waals surface area contributed by atoms with Gasteiger partial charge in [-0.1, -0.05) is 56.9 Å². The second kappa shape index (κ2) is 10.0. The van der Waals surface area contributed by atoms with E-state index in [4.69, 9.17) is 11.5 Å². The molecule has 0 fully saturated rings. The van der Waals surface area contributed by atoms with Crippen molar-refractivity contribution >= 4 is 12.2 Å². The maximum atomic E-state index is 5.18. The van der Waals surface area contributed by atoms with Gasteiger partial charge in [0.15, 0.2) is 0 Å². The van der Waals surface area contributed by atoms with Crippen LogP contribution in [0.1, 0.15) is 50.2 Å². The second-order valence-electron chi connectivity index (χ2n) is 5.01. The zero-order valence-corrected chi connectivity index (χ0v) is 12.4. The Hall–Kier alpha value is -1.84. The molecule has 1 aromatic rings. The number of nitrogens with zero attached hydrogens (tertiary/aromatic N) is 2. The van der Waals surface area contributed by atoms with E-state index in [1.807, 2.05) is 0 Å². The Morgan fingerprint density at radius 3 is 2.30 bits per heavy atom. The van der Waals surface area contributed by atoms with E-state index < -0.39 is 0 Å². The maximum absolute atomic E-state index is 5.18. The Labute approximate surface area is 122 Å². The molecule has 0 aliphatic carbocycles. The van der Waals surface area contributed by atoms with E-state index in [1.54, 1.807) is 6.21 Å². The van der Waals surface area contributed by atoms with Crippen LogP contribution in [0.3, 0.4) is 0 Å². The summed E-state index contributed by atoms with van der Waals surface area (Å²) in [5.74, 6) is -0.0142. The minimum atomic E-state index is -0.0142. The first-order valence-corrected chi connectivity index (χ1v) is 7.40. The minimum Gasteiger partial charge on any atom is -0.369 e. The molecule has 0 aliphatic heterocycles. The van der Waals surface area contributed by atoms with Crippen molar-refractivity contribution in [3.8, 4) is 0 Å². The predicted octanol–water partition coefficient (Wildman–Crippen LogP) is 3.00. The number of aryl methyl sites for hydroxylation is 1.